The van der Waals surface area contributed by atoms with E-state index in [0.717, 1.165) is 0 Å². The van der Waals surface area contributed by atoms with Crippen molar-refractivity contribution < 1.29 is 13.9 Å². The molecule has 0 aliphatic carbocycles. The number of nitrogens with zero attached hydrogens (tertiary/aromatic N) is 3. The summed E-state index contributed by atoms with van der Waals surface area (Å²) in [7, 11) is 0. The van der Waals surface area contributed by atoms with Crippen molar-refractivity contribution in [2.24, 2.45) is 0 Å². The number of aromatic nitrogens is 2. The lowest BCUT2D eigenvalue weighted by atomic mass is 10.1. The summed E-state index contributed by atoms with van der Waals surface area (Å²) in [5, 5.41) is 13.3. The fourth-order valence-electron chi connectivity index (χ4n) is 2.45. The van der Waals surface area contributed by atoms with Gasteiger partial charge in [0.2, 0.25) is 0 Å². The Kier molecular flexibility index (Phi) is 5.01. The smallest absolute Gasteiger partial charge is 0.358 e. The van der Waals surface area contributed by atoms with Crippen LogP contribution in [0.15, 0.2) is 48.5 Å². The zero-order chi connectivity index (χ0) is 18.7. The van der Waals surface area contributed by atoms with Gasteiger partial charge in [-0.3, -0.25) is 0 Å². The largest absolute Gasteiger partial charge is 0.461 e. The molecule has 0 saturated heterocycles. The van der Waals surface area contributed by atoms with E-state index >= 15 is 0 Å². The lowest BCUT2D eigenvalue weighted by Gasteiger charge is -2.08. The van der Waals surface area contributed by atoms with E-state index in [1.54, 1.807) is 37.3 Å². The highest BCUT2D eigenvalue weighted by Gasteiger charge is 2.18. The highest BCUT2D eigenvalue weighted by molar-refractivity contribution is 6.30. The van der Waals surface area contributed by atoms with E-state index in [1.807, 2.05) is 0 Å². The monoisotopic (exact) mass is 369 g/mol. The van der Waals surface area contributed by atoms with Crippen molar-refractivity contribution in [2.45, 2.75) is 6.92 Å². The van der Waals surface area contributed by atoms with E-state index in [0.29, 0.717) is 22.5 Å². The van der Waals surface area contributed by atoms with Gasteiger partial charge in [-0.1, -0.05) is 23.7 Å². The number of rotatable bonds is 4. The molecule has 130 valence electrons. The third kappa shape index (κ3) is 3.44. The summed E-state index contributed by atoms with van der Waals surface area (Å²) < 4.78 is 20.0. The zero-order valence-corrected chi connectivity index (χ0v) is 14.5. The van der Waals surface area contributed by atoms with Crippen LogP contribution < -0.4 is 0 Å². The predicted octanol–water partition coefficient (Wildman–Crippen LogP) is 4.38. The fourth-order valence-corrected chi connectivity index (χ4v) is 2.63. The molecule has 0 bridgehead atoms. The molecule has 7 heteroatoms. The second kappa shape index (κ2) is 7.38. The molecule has 0 aliphatic rings. The number of carbonyl (C=O) groups is 1. The number of hydrogen-bond donors (Lipinski definition) is 0. The van der Waals surface area contributed by atoms with E-state index in [4.69, 9.17) is 21.6 Å². The Balaban J connectivity index is 2.19. The minimum atomic E-state index is -0.572. The van der Waals surface area contributed by atoms with Gasteiger partial charge in [-0.2, -0.15) is 10.4 Å². The molecule has 0 N–H and O–H groups in total. The van der Waals surface area contributed by atoms with Gasteiger partial charge in [-0.25, -0.2) is 13.9 Å². The van der Waals surface area contributed by atoms with Crippen molar-refractivity contribution >= 4 is 17.6 Å². The van der Waals surface area contributed by atoms with E-state index in [9.17, 15) is 9.18 Å². The van der Waals surface area contributed by atoms with Crippen LogP contribution in [0.2, 0.25) is 5.02 Å². The predicted molar refractivity (Wildman–Crippen MR) is 94.6 cm³/mol. The molecule has 2 aromatic carbocycles. The normalized spacial score (nSPS) is 10.4. The highest BCUT2D eigenvalue weighted by atomic mass is 35.5. The van der Waals surface area contributed by atoms with Gasteiger partial charge in [-0.05, 0) is 43.3 Å². The Labute approximate surface area is 154 Å². The summed E-state index contributed by atoms with van der Waals surface area (Å²) in [6.07, 6.45) is 0. The SMILES string of the molecule is CCOC(=O)c1cc(-c2cccc(C#N)c2)n(-c2ccc(F)c(Cl)c2)n1. The Morgan fingerprint density at radius 2 is 2.12 bits per heavy atom. The standard InChI is InChI=1S/C19H13ClFN3O2/c1-2-26-19(25)17-10-18(13-5-3-4-12(8-13)11-22)24(23-17)14-6-7-16(21)15(20)9-14/h3-10H,2H2,1H3. The molecule has 0 unspecified atom stereocenters. The lowest BCUT2D eigenvalue weighted by Crippen LogP contribution is -2.07. The van der Waals surface area contributed by atoms with Gasteiger partial charge in [0, 0.05) is 5.56 Å². The van der Waals surface area contributed by atoms with Gasteiger partial charge in [0.25, 0.3) is 0 Å². The average molecular weight is 370 g/mol. The maximum absolute atomic E-state index is 13.5. The minimum absolute atomic E-state index is 0.0626. The van der Waals surface area contributed by atoms with Crippen molar-refractivity contribution in [1.29, 1.82) is 5.26 Å². The maximum Gasteiger partial charge on any atom is 0.358 e. The minimum Gasteiger partial charge on any atom is -0.461 e. The molecule has 0 aliphatic heterocycles. The second-order valence-electron chi connectivity index (χ2n) is 5.34. The first-order valence-electron chi connectivity index (χ1n) is 7.76. The molecule has 0 saturated carbocycles. The van der Waals surface area contributed by atoms with Crippen LogP contribution in [-0.4, -0.2) is 22.4 Å². The lowest BCUT2D eigenvalue weighted by molar-refractivity contribution is 0.0519. The number of halogens is 2. The van der Waals surface area contributed by atoms with Crippen LogP contribution in [0.4, 0.5) is 4.39 Å². The van der Waals surface area contributed by atoms with Crippen molar-refractivity contribution in [2.75, 3.05) is 6.61 Å². The third-order valence-electron chi connectivity index (χ3n) is 3.63. The van der Waals surface area contributed by atoms with Gasteiger partial charge in [0.15, 0.2) is 5.69 Å². The molecule has 3 aromatic rings. The average Bonchev–Trinajstić information content (AvgIpc) is 3.10. The molecule has 26 heavy (non-hydrogen) atoms. The Hall–Kier alpha value is -3.17. The summed E-state index contributed by atoms with van der Waals surface area (Å²) >= 11 is 5.88. The molecule has 0 atom stereocenters. The molecule has 3 rings (SSSR count). The summed E-state index contributed by atoms with van der Waals surface area (Å²) in [4.78, 5) is 12.1. The number of hydrogen-bond acceptors (Lipinski definition) is 4. The molecular formula is C19H13ClFN3O2. The van der Waals surface area contributed by atoms with Crippen LogP contribution in [0.5, 0.6) is 0 Å². The molecule has 5 nitrogen and oxygen atoms in total. The topological polar surface area (TPSA) is 67.9 Å². The van der Waals surface area contributed by atoms with Gasteiger partial charge >= 0.3 is 5.97 Å². The molecule has 0 spiro atoms. The van der Waals surface area contributed by atoms with Crippen LogP contribution in [0.1, 0.15) is 23.0 Å². The van der Waals surface area contributed by atoms with Crippen molar-refractivity contribution in [1.82, 2.24) is 9.78 Å². The summed E-state index contributed by atoms with van der Waals surface area (Å²) in [6, 6.07) is 14.6. The zero-order valence-electron chi connectivity index (χ0n) is 13.7. The number of benzene rings is 2. The number of ether oxygens (including phenoxy) is 1. The Morgan fingerprint density at radius 1 is 1.31 bits per heavy atom. The highest BCUT2D eigenvalue weighted by Crippen LogP contribution is 2.27. The molecule has 0 amide bonds. The molecular weight excluding hydrogens is 357 g/mol. The van der Waals surface area contributed by atoms with Crippen LogP contribution in [-0.2, 0) is 4.74 Å². The van der Waals surface area contributed by atoms with Crippen LogP contribution >= 0.6 is 11.6 Å². The van der Waals surface area contributed by atoms with E-state index in [2.05, 4.69) is 11.2 Å². The van der Waals surface area contributed by atoms with Crippen molar-refractivity contribution in [3.8, 4) is 23.0 Å². The van der Waals surface area contributed by atoms with Gasteiger partial charge in [0.05, 0.1) is 34.6 Å². The summed E-state index contributed by atoms with van der Waals surface area (Å²) in [5.74, 6) is -1.13. The summed E-state index contributed by atoms with van der Waals surface area (Å²) in [6.45, 7) is 1.92. The van der Waals surface area contributed by atoms with E-state index in [-0.39, 0.29) is 17.3 Å². The van der Waals surface area contributed by atoms with E-state index in [1.165, 1.54) is 22.9 Å². The van der Waals surface area contributed by atoms with Crippen LogP contribution in [0, 0.1) is 17.1 Å². The number of carbonyl (C=O) groups excluding carboxylic acids is 1. The quantitative estimate of drug-likeness (QED) is 0.640. The summed E-state index contributed by atoms with van der Waals surface area (Å²) in [5.41, 5.74) is 2.26. The second-order valence-corrected chi connectivity index (χ2v) is 5.75. The number of nitriles is 1. The van der Waals surface area contributed by atoms with Crippen molar-refractivity contribution in [3.63, 3.8) is 0 Å². The molecule has 1 heterocycles. The van der Waals surface area contributed by atoms with Crippen LogP contribution in [0.3, 0.4) is 0 Å². The van der Waals surface area contributed by atoms with Gasteiger partial charge in [-0.15, -0.1) is 0 Å². The first-order chi connectivity index (χ1) is 12.5. The number of esters is 1. The molecule has 0 radical (unpaired) electrons. The van der Waals surface area contributed by atoms with E-state index < -0.39 is 11.8 Å². The first kappa shape index (κ1) is 17.6. The molecule has 0 fully saturated rings. The first-order valence-corrected chi connectivity index (χ1v) is 8.14. The Bertz CT molecular complexity index is 1020. The third-order valence-corrected chi connectivity index (χ3v) is 3.92. The molecule has 1 aromatic heterocycles. The fraction of sp³-hybridized carbons (Fsp3) is 0.105. The van der Waals surface area contributed by atoms with Crippen LogP contribution in [0.25, 0.3) is 16.9 Å². The van der Waals surface area contributed by atoms with Gasteiger partial charge < -0.3 is 4.74 Å². The van der Waals surface area contributed by atoms with Crippen molar-refractivity contribution in [3.05, 3.63) is 70.6 Å². The van der Waals surface area contributed by atoms with Gasteiger partial charge in [0.1, 0.15) is 5.82 Å². The Morgan fingerprint density at radius 3 is 2.81 bits per heavy atom. The maximum atomic E-state index is 13.5.